The first kappa shape index (κ1) is 15.6. The van der Waals surface area contributed by atoms with E-state index in [1.165, 1.54) is 16.7 Å². The molecule has 0 radical (unpaired) electrons. The minimum Gasteiger partial charge on any atom is -0.392 e. The van der Waals surface area contributed by atoms with Crippen molar-refractivity contribution >= 4 is 35.4 Å². The van der Waals surface area contributed by atoms with E-state index in [1.54, 1.807) is 13.1 Å². The lowest BCUT2D eigenvalue weighted by atomic mass is 9.92. The van der Waals surface area contributed by atoms with Gasteiger partial charge in [0.1, 0.15) is 11.1 Å². The van der Waals surface area contributed by atoms with Crippen molar-refractivity contribution in [2.24, 2.45) is 5.92 Å². The van der Waals surface area contributed by atoms with E-state index >= 15 is 0 Å². The summed E-state index contributed by atoms with van der Waals surface area (Å²) >= 11 is 5.39. The Morgan fingerprint density at radius 2 is 2.27 bits per heavy atom. The van der Waals surface area contributed by atoms with Crippen molar-refractivity contribution in [3.8, 4) is 0 Å². The summed E-state index contributed by atoms with van der Waals surface area (Å²) in [5.74, 6) is -0.641. The molecule has 2 aliphatic heterocycles. The van der Waals surface area contributed by atoms with Crippen LogP contribution in [-0.4, -0.2) is 37.5 Å². The number of allylic oxidation sites excluding steroid dienone is 1. The van der Waals surface area contributed by atoms with Crippen LogP contribution in [0.3, 0.4) is 0 Å². The summed E-state index contributed by atoms with van der Waals surface area (Å²) in [6, 6.07) is 5.71. The van der Waals surface area contributed by atoms with Crippen molar-refractivity contribution in [3.63, 3.8) is 0 Å². The van der Waals surface area contributed by atoms with E-state index in [9.17, 15) is 14.7 Å². The van der Waals surface area contributed by atoms with E-state index < -0.39 is 17.1 Å². The van der Waals surface area contributed by atoms with E-state index in [0.717, 1.165) is 10.6 Å². The molecule has 1 amide bonds. The number of hydrogen-bond donors (Lipinski definition) is 2. The van der Waals surface area contributed by atoms with Crippen molar-refractivity contribution in [1.29, 1.82) is 0 Å². The van der Waals surface area contributed by atoms with Gasteiger partial charge >= 0.3 is 0 Å². The maximum Gasteiger partial charge on any atom is 0.236 e. The summed E-state index contributed by atoms with van der Waals surface area (Å²) in [7, 11) is 0. The van der Waals surface area contributed by atoms with Crippen LogP contribution in [0.15, 0.2) is 35.0 Å². The van der Waals surface area contributed by atoms with Crippen LogP contribution in [0, 0.1) is 5.92 Å². The molecule has 3 heterocycles. The van der Waals surface area contributed by atoms with Crippen LogP contribution in [-0.2, 0) is 16.0 Å². The predicted octanol–water partition coefficient (Wildman–Crippen LogP) is 1.59. The lowest BCUT2D eigenvalue weighted by molar-refractivity contribution is -0.153. The number of thioether (sulfide) groups is 1. The fourth-order valence-electron chi connectivity index (χ4n) is 2.82. The van der Waals surface area contributed by atoms with E-state index in [0.29, 0.717) is 18.5 Å². The third kappa shape index (κ3) is 2.57. The van der Waals surface area contributed by atoms with Gasteiger partial charge in [0.05, 0.1) is 12.0 Å². The van der Waals surface area contributed by atoms with Crippen LogP contribution in [0.25, 0.3) is 0 Å². The van der Waals surface area contributed by atoms with Gasteiger partial charge in [-0.05, 0) is 31.9 Å². The average Bonchev–Trinajstić information content (AvgIpc) is 2.80. The Morgan fingerprint density at radius 3 is 2.86 bits per heavy atom. The first-order chi connectivity index (χ1) is 10.5. The Labute approximate surface area is 138 Å². The zero-order chi connectivity index (χ0) is 15.9. The number of hydrogen-bond acceptors (Lipinski definition) is 5. The number of aliphatic hydroxyl groups excluding tert-OH is 1. The number of aliphatic hydroxyl groups is 1. The Balaban J connectivity index is 1.78. The number of nitrogens with zero attached hydrogens (tertiary/aromatic N) is 2. The lowest BCUT2D eigenvalue weighted by Gasteiger charge is -2.43. The highest BCUT2D eigenvalue weighted by Gasteiger charge is 2.56. The largest absolute Gasteiger partial charge is 0.392 e. The maximum absolute atomic E-state index is 12.1. The first-order valence-corrected chi connectivity index (χ1v) is 8.37. The molecular weight excluding hydrogens is 320 g/mol. The number of rotatable bonds is 5. The molecular formula is C15H16N2O3S2. The topological polar surface area (TPSA) is 70.5 Å². The van der Waals surface area contributed by atoms with Crippen LogP contribution in [0.4, 0.5) is 0 Å². The summed E-state index contributed by atoms with van der Waals surface area (Å²) < 4.78 is 0. The van der Waals surface area contributed by atoms with Crippen molar-refractivity contribution in [2.45, 2.75) is 31.2 Å². The highest BCUT2D eigenvalue weighted by atomic mass is 32.2. The van der Waals surface area contributed by atoms with Gasteiger partial charge in [-0.1, -0.05) is 18.7 Å². The number of β-lactam (4-membered cyclic amide) rings is 1. The van der Waals surface area contributed by atoms with Gasteiger partial charge in [0.2, 0.25) is 11.0 Å². The molecule has 22 heavy (non-hydrogen) atoms. The Bertz CT molecular complexity index is 645. The van der Waals surface area contributed by atoms with Crippen LogP contribution in [0.5, 0.6) is 0 Å². The molecule has 1 fully saturated rings. The van der Waals surface area contributed by atoms with Crippen LogP contribution >= 0.6 is 24.4 Å². The summed E-state index contributed by atoms with van der Waals surface area (Å²) in [4.78, 5) is 30.5. The fourth-order valence-corrected chi connectivity index (χ4v) is 4.76. The molecule has 3 atom stereocenters. The molecule has 0 unspecified atom stereocenters. The molecule has 1 aromatic rings. The molecule has 3 rings (SSSR count). The highest BCUT2D eigenvalue weighted by molar-refractivity contribution is 8.04. The summed E-state index contributed by atoms with van der Waals surface area (Å²) in [5, 5.41) is 9.13. The number of fused-ring (bicyclic) bond motifs is 1. The van der Waals surface area contributed by atoms with Crippen molar-refractivity contribution < 1.29 is 14.7 Å². The third-order valence-electron chi connectivity index (χ3n) is 3.91. The first-order valence-electron chi connectivity index (χ1n) is 7.05. The summed E-state index contributed by atoms with van der Waals surface area (Å²) in [6.45, 7) is 1.61. The second kappa shape index (κ2) is 6.06. The van der Waals surface area contributed by atoms with Crippen LogP contribution in [0.1, 0.15) is 19.0 Å². The van der Waals surface area contributed by atoms with Gasteiger partial charge in [0.25, 0.3) is 0 Å². The lowest BCUT2D eigenvalue weighted by Crippen LogP contribution is -2.60. The number of aryl methyl sites for hydroxylation is 1. The molecule has 116 valence electrons. The normalized spacial score (nSPS) is 25.0. The second-order valence-corrected chi connectivity index (χ2v) is 7.00. The van der Waals surface area contributed by atoms with Gasteiger partial charge in [0, 0.05) is 16.8 Å². The number of carbonyl (C=O) groups is 2. The minimum absolute atomic E-state index is 0.183. The van der Waals surface area contributed by atoms with E-state index in [1.807, 2.05) is 18.2 Å². The third-order valence-corrected chi connectivity index (χ3v) is 5.55. The molecule has 0 aliphatic carbocycles. The molecule has 1 aromatic heterocycles. The molecule has 5 nitrogen and oxygen atoms in total. The van der Waals surface area contributed by atoms with Crippen molar-refractivity contribution in [1.82, 2.24) is 9.88 Å². The molecule has 0 bridgehead atoms. The molecule has 1 saturated heterocycles. The fraction of sp³-hybridized carbons (Fsp3) is 0.400. The number of thiol groups is 1. The zero-order valence-corrected chi connectivity index (χ0v) is 13.7. The Hall–Kier alpha value is -1.31. The standard InChI is InChI=1S/C15H16N2O3S2/c1-8(18)11-13(19)17-12(15(20)21)10(22-14(11)17)6-5-9-4-2-3-7-16-9/h2-4,7-8,11,14,18H,5-6H2,1H3,(H,20,21)/t8-,11+,14+/m0/s1. The zero-order valence-electron chi connectivity index (χ0n) is 12.0. The molecule has 0 aromatic carbocycles. The van der Waals surface area contributed by atoms with Crippen molar-refractivity contribution in [2.75, 3.05) is 0 Å². The summed E-state index contributed by atoms with van der Waals surface area (Å²) in [6.07, 6.45) is 2.35. The smallest absolute Gasteiger partial charge is 0.236 e. The Morgan fingerprint density at radius 1 is 1.50 bits per heavy atom. The van der Waals surface area contributed by atoms with E-state index in [2.05, 4.69) is 17.6 Å². The number of carbonyl (C=O) groups excluding carboxylic acids is 2. The van der Waals surface area contributed by atoms with E-state index in [4.69, 9.17) is 0 Å². The second-order valence-electron chi connectivity index (χ2n) is 5.38. The SMILES string of the molecule is C[C@H](O)[C@@H]1C(=O)N2C(C(=O)S)=C(CCc3ccccn3)S[C@H]12. The van der Waals surface area contributed by atoms with Gasteiger partial charge in [-0.25, -0.2) is 0 Å². The van der Waals surface area contributed by atoms with Gasteiger partial charge in [0.15, 0.2) is 0 Å². The number of amides is 1. The molecule has 1 N–H and O–H groups in total. The number of pyridine rings is 1. The quantitative estimate of drug-likeness (QED) is 0.631. The minimum atomic E-state index is -0.715. The molecule has 0 spiro atoms. The van der Waals surface area contributed by atoms with Crippen LogP contribution in [0.2, 0.25) is 0 Å². The maximum atomic E-state index is 12.1. The summed E-state index contributed by atoms with van der Waals surface area (Å²) in [5.41, 5.74) is 1.31. The van der Waals surface area contributed by atoms with Gasteiger partial charge in [-0.2, -0.15) is 0 Å². The Kier molecular flexibility index (Phi) is 4.29. The van der Waals surface area contributed by atoms with Crippen molar-refractivity contribution in [3.05, 3.63) is 40.7 Å². The monoisotopic (exact) mass is 336 g/mol. The van der Waals surface area contributed by atoms with Gasteiger partial charge < -0.3 is 5.11 Å². The predicted molar refractivity (Wildman–Crippen MR) is 87.0 cm³/mol. The molecule has 0 saturated carbocycles. The average molecular weight is 336 g/mol. The molecule has 2 aliphatic rings. The molecule has 7 heteroatoms. The van der Waals surface area contributed by atoms with Gasteiger partial charge in [-0.3, -0.25) is 19.5 Å². The van der Waals surface area contributed by atoms with E-state index in [-0.39, 0.29) is 11.3 Å². The number of aromatic nitrogens is 1. The highest BCUT2D eigenvalue weighted by Crippen LogP contribution is 2.51. The van der Waals surface area contributed by atoms with Gasteiger partial charge in [-0.15, -0.1) is 11.8 Å². The van der Waals surface area contributed by atoms with Crippen LogP contribution < -0.4 is 0 Å².